The number of hydrogen-bond acceptors (Lipinski definition) is 8. The van der Waals surface area contributed by atoms with Crippen molar-refractivity contribution in [3.63, 3.8) is 0 Å². The lowest BCUT2D eigenvalue weighted by atomic mass is 10.1. The number of anilines is 1. The van der Waals surface area contributed by atoms with E-state index in [1.807, 2.05) is 16.8 Å². The number of nitrogens with zero attached hydrogens (tertiary/aromatic N) is 3. The zero-order chi connectivity index (χ0) is 27.4. The van der Waals surface area contributed by atoms with Crippen LogP contribution in [0.3, 0.4) is 0 Å². The molecule has 3 N–H and O–H groups in total. The Morgan fingerprint density at radius 3 is 2.39 bits per heavy atom. The van der Waals surface area contributed by atoms with Gasteiger partial charge >= 0.3 is 0 Å². The van der Waals surface area contributed by atoms with E-state index < -0.39 is 15.9 Å². The number of phenolic OH excluding ortho intramolecular Hbond substituents is 2. The van der Waals surface area contributed by atoms with Crippen molar-refractivity contribution in [1.29, 1.82) is 0 Å². The average molecular weight is 554 g/mol. The lowest BCUT2D eigenvalue weighted by Crippen LogP contribution is -2.30. The highest BCUT2D eigenvalue weighted by atomic mass is 32.2. The van der Waals surface area contributed by atoms with Gasteiger partial charge in [0.1, 0.15) is 16.4 Å². The first-order valence-electron chi connectivity index (χ1n) is 11.6. The highest BCUT2D eigenvalue weighted by molar-refractivity contribution is 7.89. The zero-order valence-corrected chi connectivity index (χ0v) is 22.4. The molecule has 2 aromatic carbocycles. The van der Waals surface area contributed by atoms with Gasteiger partial charge in [-0.2, -0.15) is 15.6 Å². The molecule has 0 bridgehead atoms. The van der Waals surface area contributed by atoms with Crippen LogP contribution >= 0.6 is 11.3 Å². The van der Waals surface area contributed by atoms with Crippen LogP contribution in [0.15, 0.2) is 76.4 Å². The van der Waals surface area contributed by atoms with E-state index >= 15 is 0 Å². The predicted octanol–water partition coefficient (Wildman–Crippen LogP) is 3.99. The number of aliphatic hydroxyl groups is 1. The van der Waals surface area contributed by atoms with Crippen LogP contribution in [-0.4, -0.2) is 59.1 Å². The van der Waals surface area contributed by atoms with E-state index in [9.17, 15) is 23.4 Å². The molecule has 38 heavy (non-hydrogen) atoms. The van der Waals surface area contributed by atoms with Gasteiger partial charge in [0.25, 0.3) is 5.91 Å². The van der Waals surface area contributed by atoms with Crippen LogP contribution in [0, 0.1) is 6.92 Å². The van der Waals surface area contributed by atoms with Crippen LogP contribution in [0.2, 0.25) is 0 Å². The molecule has 1 amide bonds. The smallest absolute Gasteiger partial charge is 0.262 e. The maximum absolute atomic E-state index is 13.4. The van der Waals surface area contributed by atoms with Crippen molar-refractivity contribution >= 4 is 33.0 Å². The molecule has 0 aliphatic rings. The predicted molar refractivity (Wildman–Crippen MR) is 146 cm³/mol. The van der Waals surface area contributed by atoms with Gasteiger partial charge in [-0.25, -0.2) is 8.42 Å². The number of hydrogen-bond donors (Lipinski definition) is 3. The third-order valence-electron chi connectivity index (χ3n) is 6.01. The van der Waals surface area contributed by atoms with E-state index in [1.165, 1.54) is 41.6 Å². The summed E-state index contributed by atoms with van der Waals surface area (Å²) in [7, 11) is -2.38. The average Bonchev–Trinajstić information content (AvgIpc) is 3.40. The van der Waals surface area contributed by atoms with Crippen LogP contribution in [0.4, 0.5) is 5.69 Å². The molecular formula is C27H27N3O6S2. The quantitative estimate of drug-likeness (QED) is 0.286. The summed E-state index contributed by atoms with van der Waals surface area (Å²) in [6, 6.07) is 14.4. The second-order valence-electron chi connectivity index (χ2n) is 8.66. The lowest BCUT2D eigenvalue weighted by Gasteiger charge is -2.23. The summed E-state index contributed by atoms with van der Waals surface area (Å²) in [5.74, 6) is -0.895. The number of aromatic nitrogens is 1. The molecule has 4 rings (SSSR count). The Morgan fingerprint density at radius 2 is 1.79 bits per heavy atom. The van der Waals surface area contributed by atoms with E-state index in [1.54, 1.807) is 37.3 Å². The Kier molecular flexibility index (Phi) is 8.12. The molecule has 0 saturated carbocycles. The number of carbonyl (C=O) groups excluding carboxylic acids is 1. The van der Waals surface area contributed by atoms with E-state index in [4.69, 9.17) is 5.11 Å². The van der Waals surface area contributed by atoms with Gasteiger partial charge < -0.3 is 20.2 Å². The van der Waals surface area contributed by atoms with E-state index in [0.717, 1.165) is 21.5 Å². The number of amides is 1. The minimum absolute atomic E-state index is 0.0207. The Bertz CT molecular complexity index is 1540. The molecular weight excluding hydrogens is 526 g/mol. The normalized spacial score (nSPS) is 11.6. The van der Waals surface area contributed by atoms with Gasteiger partial charge in [0.05, 0.1) is 24.4 Å². The minimum atomic E-state index is -3.78. The summed E-state index contributed by atoms with van der Waals surface area (Å²) in [5, 5.41) is 32.8. The van der Waals surface area contributed by atoms with Crippen LogP contribution in [-0.2, 0) is 16.6 Å². The number of benzene rings is 2. The minimum Gasteiger partial charge on any atom is -0.508 e. The van der Waals surface area contributed by atoms with Gasteiger partial charge in [-0.05, 0) is 65.2 Å². The van der Waals surface area contributed by atoms with Gasteiger partial charge in [0.2, 0.25) is 10.0 Å². The summed E-state index contributed by atoms with van der Waals surface area (Å²) in [6.07, 6.45) is 1.29. The number of sulfonamides is 1. The summed E-state index contributed by atoms with van der Waals surface area (Å²) in [5.41, 5.74) is 3.53. The number of aromatic hydroxyl groups is 2. The Balaban J connectivity index is 1.65. The van der Waals surface area contributed by atoms with Crippen LogP contribution < -0.4 is 4.90 Å². The third kappa shape index (κ3) is 5.70. The number of likely N-dealkylation sites (N-methyl/N-ethyl adjacent to an activating group) is 1. The number of phenols is 2. The molecule has 0 aliphatic carbocycles. The summed E-state index contributed by atoms with van der Waals surface area (Å²) in [4.78, 5) is 19.4. The first-order chi connectivity index (χ1) is 18.1. The molecule has 4 aromatic rings. The molecule has 11 heteroatoms. The monoisotopic (exact) mass is 553 g/mol. The Morgan fingerprint density at radius 1 is 1.05 bits per heavy atom. The number of aliphatic hydroxyl groups excluding tert-OH is 1. The van der Waals surface area contributed by atoms with Gasteiger partial charge in [-0.15, -0.1) is 0 Å². The first kappa shape index (κ1) is 27.3. The van der Waals surface area contributed by atoms with Gasteiger partial charge in [0, 0.05) is 37.1 Å². The van der Waals surface area contributed by atoms with Crippen molar-refractivity contribution in [2.45, 2.75) is 18.4 Å². The SMILES string of the molecule is Cc1cc(S(=O)(=O)N(C)CCO)cnc1-c1ccc(N(Cc2ccsc2)C(=O)c2ccc(O)cc2O)cc1. The maximum Gasteiger partial charge on any atom is 0.262 e. The highest BCUT2D eigenvalue weighted by Gasteiger charge is 2.23. The van der Waals surface area contributed by atoms with Crippen molar-refractivity contribution in [2.24, 2.45) is 0 Å². The fraction of sp³-hybridized carbons (Fsp3) is 0.185. The zero-order valence-electron chi connectivity index (χ0n) is 20.8. The van der Waals surface area contributed by atoms with E-state index in [2.05, 4.69) is 4.98 Å². The molecule has 0 aliphatic heterocycles. The number of aryl methyl sites for hydroxylation is 1. The molecule has 0 atom stereocenters. The van der Waals surface area contributed by atoms with Crippen LogP contribution in [0.1, 0.15) is 21.5 Å². The summed E-state index contributed by atoms with van der Waals surface area (Å²) < 4.78 is 26.5. The highest BCUT2D eigenvalue weighted by Crippen LogP contribution is 2.30. The molecule has 9 nitrogen and oxygen atoms in total. The fourth-order valence-electron chi connectivity index (χ4n) is 3.92. The van der Waals surface area contributed by atoms with Gasteiger partial charge in [-0.3, -0.25) is 9.78 Å². The van der Waals surface area contributed by atoms with Gasteiger partial charge in [0.15, 0.2) is 0 Å². The molecule has 198 valence electrons. The summed E-state index contributed by atoms with van der Waals surface area (Å²) in [6.45, 7) is 1.73. The lowest BCUT2D eigenvalue weighted by molar-refractivity contribution is 0.0982. The van der Waals surface area contributed by atoms with Crippen molar-refractivity contribution in [2.75, 3.05) is 25.1 Å². The topological polar surface area (TPSA) is 131 Å². The Hall–Kier alpha value is -3.77. The van der Waals surface area contributed by atoms with Crippen molar-refractivity contribution < 1.29 is 28.5 Å². The van der Waals surface area contributed by atoms with Crippen LogP contribution in [0.5, 0.6) is 11.5 Å². The fourth-order valence-corrected chi connectivity index (χ4v) is 5.78. The molecule has 2 aromatic heterocycles. The maximum atomic E-state index is 13.4. The molecule has 0 spiro atoms. The van der Waals surface area contributed by atoms with Gasteiger partial charge in [-0.1, -0.05) is 12.1 Å². The van der Waals surface area contributed by atoms with Crippen molar-refractivity contribution in [1.82, 2.24) is 9.29 Å². The standard InChI is InChI=1S/C27H27N3O6S2/c1-18-13-23(38(35,36)29(2)10-11-31)15-28-26(18)20-3-5-21(6-4-20)30(16-19-9-12-37-17-19)27(34)24-8-7-22(32)14-25(24)33/h3-9,12-15,17,31-33H,10-11,16H2,1-2H3. The van der Waals surface area contributed by atoms with Crippen molar-refractivity contribution in [3.05, 3.63) is 88.2 Å². The first-order valence-corrected chi connectivity index (χ1v) is 14.0. The number of rotatable bonds is 9. The molecule has 0 fully saturated rings. The number of pyridine rings is 1. The second-order valence-corrected chi connectivity index (χ2v) is 11.5. The molecule has 0 radical (unpaired) electrons. The number of thiophene rings is 1. The Labute approximate surface area is 224 Å². The molecule has 2 heterocycles. The summed E-state index contributed by atoms with van der Waals surface area (Å²) >= 11 is 1.51. The number of carbonyl (C=O) groups is 1. The second kappa shape index (κ2) is 11.3. The largest absolute Gasteiger partial charge is 0.508 e. The molecule has 0 saturated heterocycles. The molecule has 0 unspecified atom stereocenters. The third-order valence-corrected chi connectivity index (χ3v) is 8.56. The van der Waals surface area contributed by atoms with E-state index in [-0.39, 0.29) is 41.7 Å². The van der Waals surface area contributed by atoms with Crippen LogP contribution in [0.25, 0.3) is 11.3 Å². The van der Waals surface area contributed by atoms with Crippen molar-refractivity contribution in [3.8, 4) is 22.8 Å². The van der Waals surface area contributed by atoms with E-state index in [0.29, 0.717) is 16.9 Å².